The molecule has 4 heterocycles. The first-order valence-corrected chi connectivity index (χ1v) is 22.1. The van der Waals surface area contributed by atoms with Crippen LogP contribution < -0.4 is 18.9 Å². The quantitative estimate of drug-likeness (QED) is 0.144. The molecule has 0 saturated carbocycles. The number of rotatable bonds is 8. The zero-order valence-electron chi connectivity index (χ0n) is 40.3. The van der Waals surface area contributed by atoms with Crippen molar-refractivity contribution in [1.29, 1.82) is 0 Å². The fraction of sp³-hybridized carbons (Fsp3) is 0.783. The highest BCUT2D eigenvalue weighted by Crippen LogP contribution is 2.50. The number of hydrogen-bond acceptors (Lipinski definition) is 16. The van der Waals surface area contributed by atoms with Gasteiger partial charge in [0.1, 0.15) is 0 Å². The number of esters is 4. The second-order valence-corrected chi connectivity index (χ2v) is 23.7. The van der Waals surface area contributed by atoms with Crippen molar-refractivity contribution in [3.63, 3.8) is 0 Å². The Morgan fingerprint density at radius 1 is 0.413 bits per heavy atom. The van der Waals surface area contributed by atoms with Crippen LogP contribution in [0.15, 0.2) is 6.07 Å². The Bertz CT molecular complexity index is 1900. The molecule has 0 spiro atoms. The fourth-order valence-corrected chi connectivity index (χ4v) is 11.4. The van der Waals surface area contributed by atoms with Gasteiger partial charge < -0.3 is 39.8 Å². The number of hydroxylamine groups is 8. The molecule has 63 heavy (non-hydrogen) atoms. The molecule has 4 aliphatic rings. The average molecular weight is 893 g/mol. The van der Waals surface area contributed by atoms with Gasteiger partial charge in [0.05, 0.1) is 23.7 Å². The van der Waals surface area contributed by atoms with Crippen LogP contribution in [0.4, 0.5) is 4.39 Å². The molecule has 17 heteroatoms. The predicted octanol–water partition coefficient (Wildman–Crippen LogP) is 8.08. The molecule has 4 fully saturated rings. The maximum Gasteiger partial charge on any atom is 0.314 e. The molecule has 0 aliphatic carbocycles. The van der Waals surface area contributed by atoms with Crippen molar-refractivity contribution in [1.82, 2.24) is 20.3 Å². The SMILES string of the molecule is CC1(C)CC(C(=O)Oc2cc(OC(=O)C3CC(C)(C)N(O)C(C)(C)C3)c(OC(=O)C3CC(C)(C)N(O)C(C)(C)C3)c(OC(=O)C3CC(C)(C)N(O)C(C)(C)C3)c2F)CC(C)(C)N1O. The fourth-order valence-electron chi connectivity index (χ4n) is 11.4. The zero-order chi connectivity index (χ0) is 48.0. The summed E-state index contributed by atoms with van der Waals surface area (Å²) in [4.78, 5) is 57.1. The Balaban J connectivity index is 1.66. The van der Waals surface area contributed by atoms with E-state index in [1.54, 1.807) is 111 Å². The first-order valence-electron chi connectivity index (χ1n) is 22.1. The maximum atomic E-state index is 17.4. The van der Waals surface area contributed by atoms with Gasteiger partial charge in [-0.2, -0.15) is 24.6 Å². The Labute approximate surface area is 371 Å². The average Bonchev–Trinajstić information content (AvgIpc) is 3.12. The van der Waals surface area contributed by atoms with Crippen LogP contribution in [0, 0.1) is 29.5 Å². The topological polar surface area (TPSA) is 199 Å². The monoisotopic (exact) mass is 893 g/mol. The molecular formula is C46H73FN4O12. The van der Waals surface area contributed by atoms with Crippen LogP contribution in [0.1, 0.15) is 162 Å². The first-order chi connectivity index (χ1) is 28.3. The van der Waals surface area contributed by atoms with Gasteiger partial charge in [0.15, 0.2) is 11.5 Å². The smallest absolute Gasteiger partial charge is 0.314 e. The summed E-state index contributed by atoms with van der Waals surface area (Å²) < 4.78 is 41.2. The number of carbonyl (C=O) groups excluding carboxylic acids is 4. The van der Waals surface area contributed by atoms with Crippen molar-refractivity contribution < 1.29 is 63.3 Å². The lowest BCUT2D eigenvalue weighted by Crippen LogP contribution is -2.60. The van der Waals surface area contributed by atoms with E-state index in [4.69, 9.17) is 18.9 Å². The van der Waals surface area contributed by atoms with Crippen LogP contribution in [0.25, 0.3) is 0 Å². The van der Waals surface area contributed by atoms with Crippen molar-refractivity contribution in [3.8, 4) is 23.0 Å². The van der Waals surface area contributed by atoms with Crippen LogP contribution in [-0.2, 0) is 19.2 Å². The van der Waals surface area contributed by atoms with Crippen molar-refractivity contribution in [2.45, 2.75) is 206 Å². The lowest BCUT2D eigenvalue weighted by atomic mass is 9.75. The number of halogens is 1. The van der Waals surface area contributed by atoms with Crippen molar-refractivity contribution in [2.24, 2.45) is 23.7 Å². The predicted molar refractivity (Wildman–Crippen MR) is 227 cm³/mol. The molecule has 0 aromatic heterocycles. The summed E-state index contributed by atoms with van der Waals surface area (Å²) in [6, 6.07) is 0.931. The van der Waals surface area contributed by atoms with E-state index in [1.807, 2.05) is 0 Å². The summed E-state index contributed by atoms with van der Waals surface area (Å²) in [5.41, 5.74) is -7.18. The molecule has 1 aromatic rings. The van der Waals surface area contributed by atoms with Crippen molar-refractivity contribution in [2.75, 3.05) is 0 Å². The molecule has 0 unspecified atom stereocenters. The minimum Gasteiger partial charge on any atom is -0.423 e. The summed E-state index contributed by atoms with van der Waals surface area (Å²) in [5, 5.41) is 48.6. The number of benzene rings is 1. The highest BCUT2D eigenvalue weighted by Gasteiger charge is 2.52. The summed E-state index contributed by atoms with van der Waals surface area (Å²) >= 11 is 0. The number of piperidine rings is 4. The molecule has 0 radical (unpaired) electrons. The van der Waals surface area contributed by atoms with E-state index in [2.05, 4.69) is 0 Å². The summed E-state index contributed by atoms with van der Waals surface area (Å²) in [7, 11) is 0. The third-order valence-electron chi connectivity index (χ3n) is 13.8. The van der Waals surface area contributed by atoms with Gasteiger partial charge in [0.25, 0.3) is 0 Å². The van der Waals surface area contributed by atoms with Gasteiger partial charge in [0, 0.05) is 50.4 Å². The van der Waals surface area contributed by atoms with Crippen LogP contribution >= 0.6 is 0 Å². The van der Waals surface area contributed by atoms with E-state index < -0.39 is 121 Å². The Morgan fingerprint density at radius 3 is 0.873 bits per heavy atom. The summed E-state index contributed by atoms with van der Waals surface area (Å²) in [5.74, 6) is -11.3. The van der Waals surface area contributed by atoms with Gasteiger partial charge in [0.2, 0.25) is 17.3 Å². The Hall–Kier alpha value is -3.29. The molecule has 356 valence electrons. The minimum atomic E-state index is -1.38. The summed E-state index contributed by atoms with van der Waals surface area (Å²) in [6.45, 7) is 28.1. The van der Waals surface area contributed by atoms with Crippen molar-refractivity contribution in [3.05, 3.63) is 11.9 Å². The number of carbonyl (C=O) groups is 4. The lowest BCUT2D eigenvalue weighted by molar-refractivity contribution is -0.251. The largest absolute Gasteiger partial charge is 0.423 e. The molecule has 16 nitrogen and oxygen atoms in total. The van der Waals surface area contributed by atoms with Crippen LogP contribution in [0.5, 0.6) is 23.0 Å². The molecule has 4 saturated heterocycles. The molecule has 5 rings (SSSR count). The second-order valence-electron chi connectivity index (χ2n) is 23.7. The number of ether oxygens (including phenoxy) is 4. The molecule has 0 amide bonds. The van der Waals surface area contributed by atoms with E-state index in [9.17, 15) is 40.0 Å². The molecule has 0 bridgehead atoms. The maximum absolute atomic E-state index is 17.4. The lowest BCUT2D eigenvalue weighted by Gasteiger charge is -2.51. The molecule has 4 aliphatic heterocycles. The van der Waals surface area contributed by atoms with Gasteiger partial charge in [-0.15, -0.1) is 0 Å². The van der Waals surface area contributed by atoms with Gasteiger partial charge in [-0.1, -0.05) is 0 Å². The van der Waals surface area contributed by atoms with E-state index >= 15 is 4.39 Å². The molecule has 0 atom stereocenters. The molecule has 1 aromatic carbocycles. The minimum absolute atomic E-state index is 0.0905. The van der Waals surface area contributed by atoms with E-state index in [0.29, 0.717) is 0 Å². The number of hydrogen-bond donors (Lipinski definition) is 4. The summed E-state index contributed by atoms with van der Waals surface area (Å²) in [6.07, 6.45) is 0.954. The molecular weight excluding hydrogens is 820 g/mol. The van der Waals surface area contributed by atoms with Gasteiger partial charge in [-0.3, -0.25) is 19.2 Å². The highest BCUT2D eigenvalue weighted by molar-refractivity contribution is 5.84. The van der Waals surface area contributed by atoms with E-state index in [-0.39, 0.29) is 51.4 Å². The number of nitrogens with zero attached hydrogens (tertiary/aromatic N) is 4. The third kappa shape index (κ3) is 10.1. The van der Waals surface area contributed by atoms with Gasteiger partial charge >= 0.3 is 23.9 Å². The normalized spacial score (nSPS) is 26.4. The standard InChI is InChI=1S/C46H73FN4O12/c1-39(2)18-26(19-40(3,4)48(39)56)35(52)60-30-17-31(61-36(53)27-20-41(5,6)49(57)42(7,8)21-27)33(62-37(54)28-22-43(9,10)50(58)44(11,12)23-28)34(32(30)47)63-38(55)29-24-45(13,14)51(59)46(15,16)25-29/h17,26-29,56-59H,18-25H2,1-16H3. The van der Waals surface area contributed by atoms with Crippen LogP contribution in [0.3, 0.4) is 0 Å². The second kappa shape index (κ2) is 16.5. The van der Waals surface area contributed by atoms with Crippen LogP contribution in [0.2, 0.25) is 0 Å². The van der Waals surface area contributed by atoms with E-state index in [1.165, 1.54) is 20.3 Å². The zero-order valence-corrected chi connectivity index (χ0v) is 40.3. The van der Waals surface area contributed by atoms with E-state index in [0.717, 1.165) is 6.07 Å². The van der Waals surface area contributed by atoms with Gasteiger partial charge in [-0.05, 0) is 162 Å². The first kappa shape index (κ1) is 50.7. The highest BCUT2D eigenvalue weighted by atomic mass is 19.1. The third-order valence-corrected chi connectivity index (χ3v) is 13.8. The molecule has 4 N–H and O–H groups in total. The van der Waals surface area contributed by atoms with Gasteiger partial charge in [-0.25, -0.2) is 0 Å². The Kier molecular flexibility index (Phi) is 13.3. The van der Waals surface area contributed by atoms with Crippen LogP contribution in [-0.4, -0.2) is 109 Å². The van der Waals surface area contributed by atoms with Crippen molar-refractivity contribution >= 4 is 23.9 Å². The Morgan fingerprint density at radius 2 is 0.619 bits per heavy atom.